The lowest BCUT2D eigenvalue weighted by molar-refractivity contribution is -0.140. The number of piperidine rings is 2. The van der Waals surface area contributed by atoms with Crippen molar-refractivity contribution in [1.29, 1.82) is 0 Å². The number of fused-ring (bicyclic) bond motifs is 4. The number of rotatable bonds is 14. The zero-order valence-electron chi connectivity index (χ0n) is 54.2. The first-order valence-electron chi connectivity index (χ1n) is 30.1. The number of benzene rings is 4. The van der Waals surface area contributed by atoms with Gasteiger partial charge in [0.2, 0.25) is 23.6 Å². The van der Waals surface area contributed by atoms with Gasteiger partial charge in [-0.25, -0.2) is 4.79 Å². The van der Waals surface area contributed by atoms with E-state index in [1.54, 1.807) is 43.0 Å². The van der Waals surface area contributed by atoms with E-state index in [0.29, 0.717) is 52.4 Å². The highest BCUT2D eigenvalue weighted by molar-refractivity contribution is 7.59. The minimum absolute atomic E-state index is 0. The molecule has 2 spiro atoms. The largest absolute Gasteiger partial charge is 0.444 e. The van der Waals surface area contributed by atoms with Crippen molar-refractivity contribution < 1.29 is 33.8 Å². The number of halogens is 4. The second kappa shape index (κ2) is 31.4. The zero-order chi connectivity index (χ0) is 63.8. The second-order valence-electron chi connectivity index (χ2n) is 26.9. The molecule has 5 amide bonds. The molecule has 0 aromatic heterocycles. The van der Waals surface area contributed by atoms with E-state index in [2.05, 4.69) is 56.1 Å². The molecule has 0 unspecified atom stereocenters. The number of carbonyl (C=O) groups excluding carboxylic acids is 5. The molecule has 88 heavy (non-hydrogen) atoms. The highest BCUT2D eigenvalue weighted by Crippen LogP contribution is 2.43. The highest BCUT2D eigenvalue weighted by atomic mass is 35.5. The van der Waals surface area contributed by atoms with Crippen molar-refractivity contribution in [3.63, 3.8) is 0 Å². The third-order valence-electron chi connectivity index (χ3n) is 17.3. The fraction of sp³-hybridized carbons (Fsp3) is 0.567. The third-order valence-corrected chi connectivity index (χ3v) is 18.8. The van der Waals surface area contributed by atoms with Gasteiger partial charge in [0.25, 0.3) is 0 Å². The average molecular weight is 1330 g/mol. The van der Waals surface area contributed by atoms with E-state index in [9.17, 15) is 24.0 Å². The number of hydrogen-bond acceptors (Lipinski definition) is 10. The van der Waals surface area contributed by atoms with Crippen LogP contribution in [0.4, 0.5) is 4.79 Å². The number of aliphatic hydroxyl groups excluding tert-OH is 1. The molecule has 2 fully saturated rings. The van der Waals surface area contributed by atoms with Crippen LogP contribution in [0.2, 0.25) is 20.1 Å². The molecule has 4 aromatic rings. The summed E-state index contributed by atoms with van der Waals surface area (Å²) in [6.07, 6.45) is 4.94. The van der Waals surface area contributed by atoms with Crippen LogP contribution in [-0.2, 0) is 58.9 Å². The van der Waals surface area contributed by atoms with Gasteiger partial charge in [0, 0.05) is 90.9 Å². The second-order valence-corrected chi connectivity index (χ2v) is 28.5. The lowest BCUT2D eigenvalue weighted by Crippen LogP contribution is -2.58. The van der Waals surface area contributed by atoms with Crippen molar-refractivity contribution in [2.24, 2.45) is 10.8 Å². The fourth-order valence-electron chi connectivity index (χ4n) is 12.8. The maximum Gasteiger partial charge on any atom is 0.410 e. The van der Waals surface area contributed by atoms with Gasteiger partial charge in [-0.15, -0.1) is 0 Å². The maximum absolute atomic E-state index is 13.8. The van der Waals surface area contributed by atoms with Gasteiger partial charge in [0.15, 0.2) is 0 Å². The molecule has 4 aliphatic rings. The van der Waals surface area contributed by atoms with Crippen LogP contribution in [0.3, 0.4) is 0 Å². The lowest BCUT2D eigenvalue weighted by Gasteiger charge is -2.48. The van der Waals surface area contributed by atoms with Crippen LogP contribution in [0.15, 0.2) is 84.9 Å². The predicted octanol–water partition coefficient (Wildman–Crippen LogP) is 11.8. The molecule has 4 heterocycles. The van der Waals surface area contributed by atoms with E-state index in [1.807, 2.05) is 124 Å². The Balaban J connectivity index is 0.000000357. The molecule has 8 rings (SSSR count). The quantitative estimate of drug-likeness (QED) is 0.0954. The number of hydrogen-bond donors (Lipinski definition) is 4. The van der Waals surface area contributed by atoms with Gasteiger partial charge in [-0.05, 0) is 131 Å². The van der Waals surface area contributed by atoms with Crippen LogP contribution >= 0.6 is 73.4 Å². The predicted molar refractivity (Wildman–Crippen MR) is 368 cm³/mol. The Morgan fingerprint density at radius 1 is 0.602 bits per heavy atom. The number of amides is 5. The lowest BCUT2D eigenvalue weighted by atomic mass is 9.75. The van der Waals surface area contributed by atoms with E-state index in [4.69, 9.17) is 56.2 Å². The highest BCUT2D eigenvalue weighted by Gasteiger charge is 2.47. The summed E-state index contributed by atoms with van der Waals surface area (Å²) in [6.45, 7) is 24.4. The van der Waals surface area contributed by atoms with E-state index in [-0.39, 0.29) is 74.8 Å². The molecule has 4 N–H and O–H groups in total. The maximum atomic E-state index is 13.8. The van der Waals surface area contributed by atoms with E-state index < -0.39 is 33.6 Å². The van der Waals surface area contributed by atoms with E-state index >= 15 is 0 Å². The minimum atomic E-state index is -0.993. The molecule has 2 atom stereocenters. The van der Waals surface area contributed by atoms with Gasteiger partial charge < -0.3 is 45.4 Å². The minimum Gasteiger partial charge on any atom is -0.444 e. The summed E-state index contributed by atoms with van der Waals surface area (Å²) in [5.41, 5.74) is 2.50. The van der Waals surface area contributed by atoms with Crippen molar-refractivity contribution in [3.8, 4) is 0 Å². The smallest absolute Gasteiger partial charge is 0.410 e. The number of aliphatic hydroxyl groups is 1. The molecular formula is C67H98Cl4N8O7S2. The zero-order valence-corrected chi connectivity index (χ0v) is 59.3. The molecule has 21 heteroatoms. The number of nitrogens with zero attached hydrogens (tertiary/aromatic N) is 5. The van der Waals surface area contributed by atoms with Crippen molar-refractivity contribution >= 4 is 103 Å². The number of nitrogens with one attached hydrogen (secondary N) is 3. The average Bonchev–Trinajstić information content (AvgIpc) is 2.95. The van der Waals surface area contributed by atoms with Crippen LogP contribution in [-0.4, -0.2) is 152 Å². The first kappa shape index (κ1) is 76.2. The summed E-state index contributed by atoms with van der Waals surface area (Å²) in [5, 5.41) is 19.6. The molecule has 488 valence electrons. The van der Waals surface area contributed by atoms with Crippen molar-refractivity contribution in [2.75, 3.05) is 87.2 Å². The molecule has 0 bridgehead atoms. The van der Waals surface area contributed by atoms with Crippen LogP contribution < -0.4 is 16.0 Å². The normalized spacial score (nSPS) is 17.6. The van der Waals surface area contributed by atoms with Crippen LogP contribution in [0.25, 0.3) is 0 Å². The Labute approximate surface area is 558 Å². The van der Waals surface area contributed by atoms with Gasteiger partial charge in [0.05, 0.1) is 55.1 Å². The van der Waals surface area contributed by atoms with Crippen molar-refractivity contribution in [3.05, 3.63) is 138 Å². The Kier molecular flexibility index (Phi) is 27.2. The molecule has 15 nitrogen and oxygen atoms in total. The van der Waals surface area contributed by atoms with Gasteiger partial charge in [0.1, 0.15) is 5.60 Å². The van der Waals surface area contributed by atoms with E-state index in [0.717, 1.165) is 87.1 Å². The summed E-state index contributed by atoms with van der Waals surface area (Å²) < 4.78 is 5.87. The third kappa shape index (κ3) is 18.5. The van der Waals surface area contributed by atoms with Crippen molar-refractivity contribution in [1.82, 2.24) is 40.4 Å². The van der Waals surface area contributed by atoms with E-state index in [1.165, 1.54) is 11.1 Å². The molecule has 0 radical (unpaired) electrons. The molecule has 4 aliphatic heterocycles. The number of likely N-dealkylation sites (N-methyl/N-ethyl adjacent to an activating group) is 4. The molecule has 0 aliphatic carbocycles. The summed E-state index contributed by atoms with van der Waals surface area (Å²) in [4.78, 5) is 75.6. The Morgan fingerprint density at radius 2 is 0.989 bits per heavy atom. The first-order valence-corrected chi connectivity index (χ1v) is 31.6. The van der Waals surface area contributed by atoms with Gasteiger partial charge >= 0.3 is 6.09 Å². The molecule has 2 saturated heterocycles. The SMILES string of the molecule is CCO.CN(C[C@](CCN1CCC2(CC1)NC(=O)Cc1ccccc12)(c1ccc(Cl)c(Cl)c1)N(C)C(=O)OC(C)(C)C)C(=O)C(C)(C)C.CN[C@](CCN1CCC2(CC1)NC(=O)Cc1ccccc12)(CN(C)C(=O)C(C)(C)C)c1ccc(Cl)c(Cl)c1.S.S. The standard InChI is InChI=1S/C35H48Cl2N4O4.C30H40Cl2N4O2.C2H6O.2H2S/c1-32(2,3)30(43)39(7)23-35(25-13-14-27(36)28(37)22-25,40(8)31(44)45-33(4,5)6)17-20-41-18-15-34(16-19-41)26-12-10-9-11-24(26)21-29(42)38-34;1-28(2,3)27(38)35(5)20-30(33-4,22-10-11-24(31)25(32)19-22)14-17-36-15-12-29(13-16-36)23-9-7-6-8-21(23)18-26(37)34-29;1-2-3;;/h9-14,22H,15-21,23H2,1-8H3,(H,38,42);6-11,19,33H,12-18,20H2,1-5H3,(H,34,37);3H,2H2,1H3;2*1H2/t35-;30-;;;/m11.../s1. The Hall–Kier alpha value is -4.27. The molecular weight excluding hydrogens is 1230 g/mol. The Bertz CT molecular complexity index is 3050. The van der Waals surface area contributed by atoms with Gasteiger partial charge in [-0.3, -0.25) is 24.1 Å². The fourth-order valence-corrected chi connectivity index (χ4v) is 13.4. The van der Waals surface area contributed by atoms with Crippen LogP contribution in [0.1, 0.15) is 141 Å². The summed E-state index contributed by atoms with van der Waals surface area (Å²) in [5.74, 6) is 0.212. The number of carbonyl (C=O) groups is 5. The molecule has 4 aromatic carbocycles. The van der Waals surface area contributed by atoms with Gasteiger partial charge in [-0.1, -0.05) is 149 Å². The van der Waals surface area contributed by atoms with Gasteiger partial charge in [-0.2, -0.15) is 27.0 Å². The van der Waals surface area contributed by atoms with Crippen LogP contribution in [0.5, 0.6) is 0 Å². The number of likely N-dealkylation sites (tertiary alicyclic amines) is 2. The van der Waals surface area contributed by atoms with Crippen molar-refractivity contribution in [2.45, 2.75) is 148 Å². The summed E-state index contributed by atoms with van der Waals surface area (Å²) in [7, 11) is 7.31. The van der Waals surface area contributed by atoms with Crippen LogP contribution in [0, 0.1) is 10.8 Å². The topological polar surface area (TPSA) is 167 Å². The Morgan fingerprint density at radius 3 is 1.39 bits per heavy atom. The molecule has 0 saturated carbocycles. The first-order chi connectivity index (χ1) is 40.2. The summed E-state index contributed by atoms with van der Waals surface area (Å²) in [6, 6.07) is 27.7. The monoisotopic (exact) mass is 1330 g/mol. The number of ether oxygens (including phenoxy) is 1. The summed E-state index contributed by atoms with van der Waals surface area (Å²) >= 11 is 25.6.